The maximum absolute atomic E-state index is 13.3. The van der Waals surface area contributed by atoms with Gasteiger partial charge in [0.25, 0.3) is 5.56 Å². The van der Waals surface area contributed by atoms with Gasteiger partial charge < -0.3 is 4.98 Å². The van der Waals surface area contributed by atoms with Gasteiger partial charge in [-0.2, -0.15) is 0 Å². The predicted molar refractivity (Wildman–Crippen MR) is 108 cm³/mol. The molecule has 27 heavy (non-hydrogen) atoms. The summed E-state index contributed by atoms with van der Waals surface area (Å²) >= 11 is 0. The van der Waals surface area contributed by atoms with Gasteiger partial charge in [-0.25, -0.2) is 4.98 Å². The van der Waals surface area contributed by atoms with Crippen molar-refractivity contribution in [2.75, 3.05) is 13.1 Å². The minimum Gasteiger partial charge on any atom is -0.309 e. The van der Waals surface area contributed by atoms with Crippen molar-refractivity contribution in [3.05, 3.63) is 51.6 Å². The number of hydrogen-bond donors (Lipinski definition) is 1. The van der Waals surface area contributed by atoms with Crippen LogP contribution in [0.25, 0.3) is 11.3 Å². The van der Waals surface area contributed by atoms with Crippen molar-refractivity contribution in [2.45, 2.75) is 69.7 Å². The first-order chi connectivity index (χ1) is 13.3. The number of benzene rings is 1. The monoisotopic (exact) mass is 363 g/mol. The molecule has 1 aromatic carbocycles. The highest BCUT2D eigenvalue weighted by Crippen LogP contribution is 2.47. The van der Waals surface area contributed by atoms with E-state index in [1.54, 1.807) is 0 Å². The summed E-state index contributed by atoms with van der Waals surface area (Å²) in [4.78, 5) is 24.0. The maximum Gasteiger partial charge on any atom is 0.255 e. The molecule has 0 bridgehead atoms. The average molecular weight is 364 g/mol. The first-order valence-electron chi connectivity index (χ1n) is 10.7. The van der Waals surface area contributed by atoms with Gasteiger partial charge in [-0.3, -0.25) is 9.69 Å². The first kappa shape index (κ1) is 17.2. The Hall–Kier alpha value is -1.94. The van der Waals surface area contributed by atoms with E-state index < -0.39 is 0 Å². The number of nitrogens with zero attached hydrogens (tertiary/aromatic N) is 2. The highest BCUT2D eigenvalue weighted by Gasteiger charge is 2.42. The Bertz CT molecular complexity index is 887. The summed E-state index contributed by atoms with van der Waals surface area (Å²) in [6.07, 6.45) is 10.7. The van der Waals surface area contributed by atoms with Gasteiger partial charge in [0.15, 0.2) is 0 Å². The molecule has 0 radical (unpaired) electrons. The molecule has 1 aromatic heterocycles. The van der Waals surface area contributed by atoms with Crippen molar-refractivity contribution in [3.8, 4) is 11.3 Å². The normalized spacial score (nSPS) is 21.6. The Morgan fingerprint density at radius 2 is 1.74 bits per heavy atom. The van der Waals surface area contributed by atoms with Crippen molar-refractivity contribution in [1.29, 1.82) is 0 Å². The lowest BCUT2D eigenvalue weighted by Crippen LogP contribution is -2.39. The summed E-state index contributed by atoms with van der Waals surface area (Å²) in [6, 6.07) is 8.61. The number of rotatable bonds is 2. The molecule has 5 rings (SSSR count). The van der Waals surface area contributed by atoms with E-state index in [2.05, 4.69) is 34.1 Å². The second kappa shape index (κ2) is 6.90. The Kier molecular flexibility index (Phi) is 4.39. The molecule has 2 fully saturated rings. The van der Waals surface area contributed by atoms with E-state index in [0.717, 1.165) is 56.0 Å². The molecule has 4 nitrogen and oxygen atoms in total. The van der Waals surface area contributed by atoms with Crippen LogP contribution in [0.3, 0.4) is 0 Å². The molecule has 4 heteroatoms. The smallest absolute Gasteiger partial charge is 0.255 e. The van der Waals surface area contributed by atoms with Crippen LogP contribution in [0.5, 0.6) is 0 Å². The van der Waals surface area contributed by atoms with Crippen molar-refractivity contribution in [3.63, 3.8) is 0 Å². The summed E-state index contributed by atoms with van der Waals surface area (Å²) in [5.74, 6) is 0.834. The molecule has 1 N–H and O–H groups in total. The van der Waals surface area contributed by atoms with E-state index in [-0.39, 0.29) is 11.0 Å². The maximum atomic E-state index is 13.3. The fourth-order valence-corrected chi connectivity index (χ4v) is 5.62. The zero-order valence-corrected chi connectivity index (χ0v) is 16.1. The largest absolute Gasteiger partial charge is 0.309 e. The number of aromatic amines is 1. The van der Waals surface area contributed by atoms with E-state index in [9.17, 15) is 4.79 Å². The standard InChI is InChI=1S/C23H29N3O/c27-22-20-21(24-19(25-22)16-26-13-7-8-14-26)18-10-4-3-9-17(18)15-23(20)11-5-1-2-6-12-23/h3-4,9-10H,1-2,5-8,11-16H2,(H,24,25,27). The van der Waals surface area contributed by atoms with Gasteiger partial charge in [0.1, 0.15) is 5.82 Å². The highest BCUT2D eigenvalue weighted by molar-refractivity contribution is 5.71. The van der Waals surface area contributed by atoms with Crippen LogP contribution in [0.15, 0.2) is 29.1 Å². The van der Waals surface area contributed by atoms with Gasteiger partial charge in [-0.05, 0) is 50.8 Å². The topological polar surface area (TPSA) is 49.0 Å². The van der Waals surface area contributed by atoms with E-state index in [4.69, 9.17) is 4.98 Å². The highest BCUT2D eigenvalue weighted by atomic mass is 16.1. The molecule has 0 atom stereocenters. The van der Waals surface area contributed by atoms with E-state index in [1.165, 1.54) is 49.7 Å². The molecule has 1 spiro atoms. The van der Waals surface area contributed by atoms with Gasteiger partial charge in [-0.1, -0.05) is 49.9 Å². The summed E-state index contributed by atoms with van der Waals surface area (Å²) in [6.45, 7) is 2.99. The van der Waals surface area contributed by atoms with Gasteiger partial charge in [0.05, 0.1) is 17.8 Å². The van der Waals surface area contributed by atoms with Gasteiger partial charge in [0, 0.05) is 11.0 Å². The van der Waals surface area contributed by atoms with E-state index >= 15 is 0 Å². The molecule has 2 aliphatic carbocycles. The number of hydrogen-bond acceptors (Lipinski definition) is 3. The lowest BCUT2D eigenvalue weighted by atomic mass is 9.65. The van der Waals surface area contributed by atoms with E-state index in [0.29, 0.717) is 0 Å². The average Bonchev–Trinajstić information content (AvgIpc) is 3.07. The van der Waals surface area contributed by atoms with Crippen molar-refractivity contribution in [1.82, 2.24) is 14.9 Å². The lowest BCUT2D eigenvalue weighted by Gasteiger charge is -2.38. The molecule has 2 heterocycles. The zero-order valence-electron chi connectivity index (χ0n) is 16.1. The SMILES string of the molecule is O=c1[nH]c(CN2CCCC2)nc2c1C1(CCCCCC1)Cc1ccccc1-2. The first-order valence-corrected chi connectivity index (χ1v) is 10.7. The predicted octanol–water partition coefficient (Wildman–Crippen LogP) is 4.18. The van der Waals surface area contributed by atoms with Gasteiger partial charge in [-0.15, -0.1) is 0 Å². The number of nitrogens with one attached hydrogen (secondary N) is 1. The molecule has 0 unspecified atom stereocenters. The second-order valence-electron chi connectivity index (χ2n) is 8.75. The molecular weight excluding hydrogens is 334 g/mol. The second-order valence-corrected chi connectivity index (χ2v) is 8.75. The van der Waals surface area contributed by atoms with Crippen LogP contribution in [0.2, 0.25) is 0 Å². The zero-order chi connectivity index (χ0) is 18.3. The van der Waals surface area contributed by atoms with Crippen LogP contribution in [0.4, 0.5) is 0 Å². The fraction of sp³-hybridized carbons (Fsp3) is 0.565. The lowest BCUT2D eigenvalue weighted by molar-refractivity contribution is 0.319. The van der Waals surface area contributed by atoms with Crippen LogP contribution in [-0.4, -0.2) is 28.0 Å². The Morgan fingerprint density at radius 3 is 2.52 bits per heavy atom. The van der Waals surface area contributed by atoms with Gasteiger partial charge in [0.2, 0.25) is 0 Å². The van der Waals surface area contributed by atoms with Gasteiger partial charge >= 0.3 is 0 Å². The minimum absolute atomic E-state index is 0.0209. The Balaban J connectivity index is 1.65. The minimum atomic E-state index is -0.0209. The number of fused-ring (bicyclic) bond motifs is 4. The summed E-state index contributed by atoms with van der Waals surface area (Å²) in [7, 11) is 0. The van der Waals surface area contributed by atoms with Crippen LogP contribution in [0, 0.1) is 0 Å². The molecule has 142 valence electrons. The summed E-state index contributed by atoms with van der Waals surface area (Å²) < 4.78 is 0. The number of H-pyrrole nitrogens is 1. The third kappa shape index (κ3) is 3.04. The van der Waals surface area contributed by atoms with Crippen LogP contribution >= 0.6 is 0 Å². The summed E-state index contributed by atoms with van der Waals surface area (Å²) in [5.41, 5.74) is 4.59. The third-order valence-corrected chi connectivity index (χ3v) is 6.93. The quantitative estimate of drug-likeness (QED) is 0.871. The van der Waals surface area contributed by atoms with E-state index in [1.807, 2.05) is 0 Å². The fourth-order valence-electron chi connectivity index (χ4n) is 5.62. The summed E-state index contributed by atoms with van der Waals surface area (Å²) in [5, 5.41) is 0. The molecule has 0 amide bonds. The van der Waals surface area contributed by atoms with Crippen LogP contribution in [-0.2, 0) is 18.4 Å². The Morgan fingerprint density at radius 1 is 1.00 bits per heavy atom. The van der Waals surface area contributed by atoms with Crippen molar-refractivity contribution in [2.24, 2.45) is 0 Å². The molecule has 1 aliphatic heterocycles. The Labute approximate surface area is 161 Å². The molecule has 3 aliphatic rings. The third-order valence-electron chi connectivity index (χ3n) is 6.93. The number of likely N-dealkylation sites (tertiary alicyclic amines) is 1. The molecule has 1 saturated carbocycles. The molecule has 1 saturated heterocycles. The molecule has 2 aromatic rings. The van der Waals surface area contributed by atoms with Crippen LogP contribution in [0.1, 0.15) is 68.3 Å². The van der Waals surface area contributed by atoms with Crippen molar-refractivity contribution >= 4 is 0 Å². The van der Waals surface area contributed by atoms with Crippen LogP contribution < -0.4 is 5.56 Å². The van der Waals surface area contributed by atoms with Crippen molar-refractivity contribution < 1.29 is 0 Å². The number of aromatic nitrogens is 2. The molecular formula is C23H29N3O.